The van der Waals surface area contributed by atoms with Gasteiger partial charge in [0.25, 0.3) is 0 Å². The highest BCUT2D eigenvalue weighted by Gasteiger charge is 2.32. The monoisotopic (exact) mass is 517 g/mol. The average Bonchev–Trinajstić information content (AvgIpc) is 2.75. The Morgan fingerprint density at radius 3 is 1.86 bits per heavy atom. The van der Waals surface area contributed by atoms with E-state index in [0.717, 1.165) is 0 Å². The number of hydrogen-bond acceptors (Lipinski definition) is 8. The molecule has 0 aromatic carbocycles. The Balaban J connectivity index is 5.58. The van der Waals surface area contributed by atoms with Gasteiger partial charge in [-0.2, -0.15) is 0 Å². The van der Waals surface area contributed by atoms with Crippen LogP contribution in [0.25, 0.3) is 0 Å². The van der Waals surface area contributed by atoms with E-state index in [4.69, 9.17) is 27.1 Å². The summed E-state index contributed by atoms with van der Waals surface area (Å²) >= 11 is 0. The van der Waals surface area contributed by atoms with E-state index in [1.807, 2.05) is 0 Å². The molecule has 0 saturated carbocycles. The van der Waals surface area contributed by atoms with Crippen LogP contribution in [0, 0.1) is 11.3 Å². The van der Waals surface area contributed by atoms with Gasteiger partial charge in [-0.05, 0) is 25.2 Å². The summed E-state index contributed by atoms with van der Waals surface area (Å²) < 4.78 is 0. The zero-order valence-electron chi connectivity index (χ0n) is 20.1. The average molecular weight is 518 g/mol. The molecule has 4 atom stereocenters. The molecule has 0 aromatic rings. The van der Waals surface area contributed by atoms with Gasteiger partial charge in [0.2, 0.25) is 17.7 Å². The number of hydrogen-bond donors (Lipinski definition) is 10. The van der Waals surface area contributed by atoms with Crippen LogP contribution >= 0.6 is 0 Å². The van der Waals surface area contributed by atoms with Crippen molar-refractivity contribution in [3.8, 4) is 0 Å². The second kappa shape index (κ2) is 15.9. The fourth-order valence-corrected chi connectivity index (χ4v) is 2.91. The van der Waals surface area contributed by atoms with Crippen LogP contribution in [0.2, 0.25) is 0 Å². The molecular weight excluding hydrogens is 482 g/mol. The number of amides is 3. The maximum Gasteiger partial charge on any atom is 0.326 e. The zero-order valence-corrected chi connectivity index (χ0v) is 20.1. The van der Waals surface area contributed by atoms with Crippen LogP contribution in [0.4, 0.5) is 0 Å². The van der Waals surface area contributed by atoms with Crippen LogP contribution in [-0.4, -0.2) is 87.6 Å². The van der Waals surface area contributed by atoms with Crippen LogP contribution in [0.1, 0.15) is 46.0 Å². The molecule has 0 aliphatic heterocycles. The molecule has 16 heteroatoms. The zero-order chi connectivity index (χ0) is 28.0. The predicted octanol–water partition coefficient (Wildman–Crippen LogP) is -2.89. The van der Waals surface area contributed by atoms with Crippen molar-refractivity contribution in [1.82, 2.24) is 21.3 Å². The first-order valence-corrected chi connectivity index (χ1v) is 11.1. The maximum atomic E-state index is 12.8. The number of carboxylic acid groups (broad SMARTS) is 3. The Morgan fingerprint density at radius 2 is 1.39 bits per heavy atom. The van der Waals surface area contributed by atoms with Crippen molar-refractivity contribution in [1.29, 1.82) is 5.41 Å². The van der Waals surface area contributed by atoms with Crippen molar-refractivity contribution in [2.45, 2.75) is 70.1 Å². The van der Waals surface area contributed by atoms with Crippen molar-refractivity contribution >= 4 is 41.6 Å². The molecular formula is C20H35N7O9. The van der Waals surface area contributed by atoms with Crippen molar-refractivity contribution in [3.63, 3.8) is 0 Å². The Hall–Kier alpha value is -3.95. The Bertz CT molecular complexity index is 834. The van der Waals surface area contributed by atoms with Crippen LogP contribution < -0.4 is 32.7 Å². The lowest BCUT2D eigenvalue weighted by atomic mass is 10.0. The fraction of sp³-hybridized carbons (Fsp3) is 0.650. The van der Waals surface area contributed by atoms with Gasteiger partial charge in [0.15, 0.2) is 5.96 Å². The number of carboxylic acids is 3. The Labute approximate surface area is 207 Å². The van der Waals surface area contributed by atoms with E-state index in [9.17, 15) is 33.9 Å². The molecule has 0 bridgehead atoms. The van der Waals surface area contributed by atoms with Crippen molar-refractivity contribution in [3.05, 3.63) is 0 Å². The lowest BCUT2D eigenvalue weighted by Crippen LogP contribution is -2.58. The van der Waals surface area contributed by atoms with E-state index >= 15 is 0 Å². The number of nitrogens with two attached hydrogens (primary N) is 2. The molecule has 0 unspecified atom stereocenters. The van der Waals surface area contributed by atoms with E-state index in [2.05, 4.69) is 21.3 Å². The molecule has 0 aromatic heterocycles. The number of guanidine groups is 1. The minimum atomic E-state index is -1.66. The molecule has 0 aliphatic rings. The molecule has 0 aliphatic carbocycles. The highest BCUT2D eigenvalue weighted by atomic mass is 16.4. The number of rotatable bonds is 17. The highest BCUT2D eigenvalue weighted by Crippen LogP contribution is 2.06. The number of carbonyl (C=O) groups is 6. The lowest BCUT2D eigenvalue weighted by Gasteiger charge is -2.25. The molecule has 0 fully saturated rings. The minimum Gasteiger partial charge on any atom is -0.481 e. The maximum absolute atomic E-state index is 12.8. The number of nitrogens with one attached hydrogen (secondary N) is 5. The van der Waals surface area contributed by atoms with Crippen molar-refractivity contribution in [2.24, 2.45) is 17.4 Å². The van der Waals surface area contributed by atoms with E-state index < -0.39 is 78.6 Å². The first kappa shape index (κ1) is 32.0. The quantitative estimate of drug-likeness (QED) is 0.0528. The number of aliphatic carboxylic acids is 3. The van der Waals surface area contributed by atoms with Gasteiger partial charge in [-0.15, -0.1) is 0 Å². The van der Waals surface area contributed by atoms with Crippen LogP contribution in [0.5, 0.6) is 0 Å². The minimum absolute atomic E-state index is 0.0475. The third kappa shape index (κ3) is 13.1. The molecule has 0 saturated heterocycles. The summed E-state index contributed by atoms with van der Waals surface area (Å²) in [5.74, 6) is -7.64. The van der Waals surface area contributed by atoms with Crippen LogP contribution in [-0.2, 0) is 28.8 Å². The fourth-order valence-electron chi connectivity index (χ4n) is 2.91. The Morgan fingerprint density at radius 1 is 0.833 bits per heavy atom. The van der Waals surface area contributed by atoms with E-state index in [1.165, 1.54) is 0 Å². The molecule has 16 nitrogen and oxygen atoms in total. The summed E-state index contributed by atoms with van der Waals surface area (Å²) in [4.78, 5) is 71.2. The third-order valence-corrected chi connectivity index (χ3v) is 4.87. The summed E-state index contributed by atoms with van der Waals surface area (Å²) in [6, 6.07) is -5.57. The SMILES string of the molecule is CC(C)[C@H](NC(=O)[C@H](CCCNC(=N)N)NC(=O)[C@H](CC(=O)O)NC(=O)[C@@H](N)CCC(=O)O)C(=O)O. The summed E-state index contributed by atoms with van der Waals surface area (Å²) in [7, 11) is 0. The molecule has 0 rings (SSSR count). The molecule has 0 heterocycles. The molecule has 204 valence electrons. The number of carbonyl (C=O) groups excluding carboxylic acids is 3. The van der Waals surface area contributed by atoms with Gasteiger partial charge in [0.1, 0.15) is 18.1 Å². The van der Waals surface area contributed by atoms with E-state index in [0.29, 0.717) is 0 Å². The normalized spacial score (nSPS) is 14.0. The summed E-state index contributed by atoms with van der Waals surface area (Å²) in [6.07, 6.45) is -1.40. The topological polar surface area (TPSA) is 287 Å². The largest absolute Gasteiger partial charge is 0.481 e. The predicted molar refractivity (Wildman–Crippen MR) is 125 cm³/mol. The van der Waals surface area contributed by atoms with Gasteiger partial charge < -0.3 is 48.1 Å². The van der Waals surface area contributed by atoms with Crippen molar-refractivity contribution in [2.75, 3.05) is 6.54 Å². The van der Waals surface area contributed by atoms with Gasteiger partial charge in [0.05, 0.1) is 12.5 Å². The summed E-state index contributed by atoms with van der Waals surface area (Å²) in [6.45, 7) is 3.28. The second-order valence-corrected chi connectivity index (χ2v) is 8.31. The highest BCUT2D eigenvalue weighted by molar-refractivity contribution is 5.95. The first-order valence-electron chi connectivity index (χ1n) is 11.1. The van der Waals surface area contributed by atoms with Gasteiger partial charge >= 0.3 is 17.9 Å². The third-order valence-electron chi connectivity index (χ3n) is 4.87. The molecule has 3 amide bonds. The summed E-state index contributed by atoms with van der Waals surface area (Å²) in [5.41, 5.74) is 10.8. The van der Waals surface area contributed by atoms with Gasteiger partial charge in [-0.25, -0.2) is 4.79 Å². The van der Waals surface area contributed by atoms with E-state index in [1.54, 1.807) is 13.8 Å². The standard InChI is InChI=1S/C20H35N7O9/c1-9(2)15(19(35)36)27-17(33)11(4-3-7-24-20(22)23)25-18(34)12(8-14(30)31)26-16(32)10(21)5-6-13(28)29/h9-12,15H,3-8,21H2,1-2H3,(H,25,34)(H,26,32)(H,27,33)(H,28,29)(H,30,31)(H,35,36)(H4,22,23,24)/t10-,11-,12-,15-/m0/s1. The summed E-state index contributed by atoms with van der Waals surface area (Å²) in [5, 5.41) is 43.6. The van der Waals surface area contributed by atoms with Gasteiger partial charge in [-0.1, -0.05) is 13.8 Å². The lowest BCUT2D eigenvalue weighted by molar-refractivity contribution is -0.144. The van der Waals surface area contributed by atoms with Crippen LogP contribution in [0.15, 0.2) is 0 Å². The van der Waals surface area contributed by atoms with Gasteiger partial charge in [0, 0.05) is 13.0 Å². The van der Waals surface area contributed by atoms with Crippen LogP contribution in [0.3, 0.4) is 0 Å². The molecule has 0 radical (unpaired) electrons. The molecule has 36 heavy (non-hydrogen) atoms. The second-order valence-electron chi connectivity index (χ2n) is 8.31. The smallest absolute Gasteiger partial charge is 0.326 e. The first-order chi connectivity index (χ1) is 16.6. The van der Waals surface area contributed by atoms with Gasteiger partial charge in [-0.3, -0.25) is 29.4 Å². The van der Waals surface area contributed by atoms with E-state index in [-0.39, 0.29) is 31.8 Å². The van der Waals surface area contributed by atoms with Crippen molar-refractivity contribution < 1.29 is 44.1 Å². The molecule has 0 spiro atoms. The molecule has 12 N–H and O–H groups in total. The Kier molecular flexibility index (Phi) is 14.1.